The Hall–Kier alpha value is -1.68. The minimum atomic E-state index is 0.933. The SMILES string of the molecule is C=C1Nc2ccc(N3CCN(C)CC3)cc2CN1C.CC. The summed E-state index contributed by atoms with van der Waals surface area (Å²) in [6.07, 6.45) is 0. The van der Waals surface area contributed by atoms with Gasteiger partial charge in [-0.15, -0.1) is 0 Å². The molecule has 1 fully saturated rings. The summed E-state index contributed by atoms with van der Waals surface area (Å²) in [6.45, 7) is 13.5. The van der Waals surface area contributed by atoms with E-state index in [1.165, 1.54) is 16.9 Å². The van der Waals surface area contributed by atoms with Crippen LogP contribution in [0.25, 0.3) is 0 Å². The molecule has 0 aromatic heterocycles. The molecule has 1 N–H and O–H groups in total. The molecule has 0 unspecified atom stereocenters. The van der Waals surface area contributed by atoms with Crippen molar-refractivity contribution in [3.05, 3.63) is 36.2 Å². The third-order valence-corrected chi connectivity index (χ3v) is 4.10. The first kappa shape index (κ1) is 15.7. The summed E-state index contributed by atoms with van der Waals surface area (Å²) in [5, 5.41) is 3.35. The highest BCUT2D eigenvalue weighted by molar-refractivity contribution is 5.64. The molecule has 1 saturated heterocycles. The fourth-order valence-corrected chi connectivity index (χ4v) is 2.70. The zero-order valence-corrected chi connectivity index (χ0v) is 13.8. The van der Waals surface area contributed by atoms with Gasteiger partial charge in [-0.1, -0.05) is 20.4 Å². The molecule has 0 atom stereocenters. The number of likely N-dealkylation sites (N-methyl/N-ethyl adjacent to an activating group) is 1. The molecule has 0 amide bonds. The first-order chi connectivity index (χ1) is 10.1. The van der Waals surface area contributed by atoms with Gasteiger partial charge in [0.2, 0.25) is 0 Å². The summed E-state index contributed by atoms with van der Waals surface area (Å²) in [5.41, 5.74) is 3.89. The van der Waals surface area contributed by atoms with Crippen molar-refractivity contribution in [2.75, 3.05) is 50.5 Å². The Balaban J connectivity index is 0.000000774. The highest BCUT2D eigenvalue weighted by atomic mass is 15.3. The van der Waals surface area contributed by atoms with Crippen molar-refractivity contribution in [3.63, 3.8) is 0 Å². The fraction of sp³-hybridized carbons (Fsp3) is 0.529. The third-order valence-electron chi connectivity index (χ3n) is 4.10. The van der Waals surface area contributed by atoms with E-state index in [9.17, 15) is 0 Å². The van der Waals surface area contributed by atoms with Gasteiger partial charge in [0.25, 0.3) is 0 Å². The van der Waals surface area contributed by atoms with Crippen LogP contribution in [0.3, 0.4) is 0 Å². The maximum absolute atomic E-state index is 4.01. The highest BCUT2D eigenvalue weighted by Gasteiger charge is 2.18. The summed E-state index contributed by atoms with van der Waals surface area (Å²) >= 11 is 0. The first-order valence-electron chi connectivity index (χ1n) is 7.87. The molecular formula is C17H28N4. The average molecular weight is 288 g/mol. The van der Waals surface area contributed by atoms with Crippen molar-refractivity contribution in [2.45, 2.75) is 20.4 Å². The third kappa shape index (κ3) is 3.50. The molecule has 4 heteroatoms. The first-order valence-corrected chi connectivity index (χ1v) is 7.87. The van der Waals surface area contributed by atoms with Crippen molar-refractivity contribution in [1.29, 1.82) is 0 Å². The molecule has 1 aromatic carbocycles. The van der Waals surface area contributed by atoms with Crippen molar-refractivity contribution in [3.8, 4) is 0 Å². The molecule has 2 heterocycles. The number of benzene rings is 1. The Morgan fingerprint density at radius 1 is 1.05 bits per heavy atom. The van der Waals surface area contributed by atoms with Crippen LogP contribution in [0.2, 0.25) is 0 Å². The van der Waals surface area contributed by atoms with E-state index in [1.54, 1.807) is 0 Å². The van der Waals surface area contributed by atoms with Gasteiger partial charge in [0.05, 0.1) is 5.82 Å². The van der Waals surface area contributed by atoms with E-state index in [2.05, 4.69) is 58.9 Å². The molecule has 3 rings (SSSR count). The smallest absolute Gasteiger partial charge is 0.0983 e. The van der Waals surface area contributed by atoms with E-state index in [0.29, 0.717) is 0 Å². The Morgan fingerprint density at radius 2 is 1.71 bits per heavy atom. The Morgan fingerprint density at radius 3 is 2.38 bits per heavy atom. The molecule has 0 radical (unpaired) electrons. The summed E-state index contributed by atoms with van der Waals surface area (Å²) < 4.78 is 0. The summed E-state index contributed by atoms with van der Waals surface area (Å²) in [4.78, 5) is 7.01. The predicted octanol–water partition coefficient (Wildman–Crippen LogP) is 2.79. The number of nitrogens with zero attached hydrogens (tertiary/aromatic N) is 3. The lowest BCUT2D eigenvalue weighted by molar-refractivity contribution is 0.313. The zero-order valence-electron chi connectivity index (χ0n) is 13.8. The van der Waals surface area contributed by atoms with E-state index in [1.807, 2.05) is 13.8 Å². The molecule has 0 saturated carbocycles. The number of hydrogen-bond donors (Lipinski definition) is 1. The molecule has 0 aliphatic carbocycles. The molecule has 0 spiro atoms. The summed E-state index contributed by atoms with van der Waals surface area (Å²) in [7, 11) is 4.26. The van der Waals surface area contributed by atoms with Crippen LogP contribution < -0.4 is 10.2 Å². The number of anilines is 2. The maximum Gasteiger partial charge on any atom is 0.0983 e. The minimum Gasteiger partial charge on any atom is -0.369 e. The summed E-state index contributed by atoms with van der Waals surface area (Å²) in [6, 6.07) is 6.72. The van der Waals surface area contributed by atoms with Crippen molar-refractivity contribution >= 4 is 11.4 Å². The zero-order chi connectivity index (χ0) is 15.4. The number of hydrogen-bond acceptors (Lipinski definition) is 4. The predicted molar refractivity (Wildman–Crippen MR) is 91.7 cm³/mol. The standard InChI is InChI=1S/C15H22N4.C2H6/c1-12-16-15-5-4-14(10-13(15)11-18(12)3)19-8-6-17(2)7-9-19;1-2/h4-5,10,16H,1,6-9,11H2,2-3H3;1-2H3. The molecule has 0 bridgehead atoms. The quantitative estimate of drug-likeness (QED) is 0.857. The fourth-order valence-electron chi connectivity index (χ4n) is 2.70. The van der Waals surface area contributed by atoms with Crippen molar-refractivity contribution < 1.29 is 0 Å². The van der Waals surface area contributed by atoms with Crippen LogP contribution in [0.5, 0.6) is 0 Å². The van der Waals surface area contributed by atoms with Crippen molar-refractivity contribution in [2.24, 2.45) is 0 Å². The highest BCUT2D eigenvalue weighted by Crippen LogP contribution is 2.29. The second kappa shape index (κ2) is 6.85. The Labute approximate surface area is 129 Å². The van der Waals surface area contributed by atoms with Crippen LogP contribution in [-0.4, -0.2) is 50.1 Å². The molecule has 21 heavy (non-hydrogen) atoms. The average Bonchev–Trinajstić information content (AvgIpc) is 2.51. The van der Waals surface area contributed by atoms with Gasteiger partial charge in [-0.05, 0) is 30.8 Å². The van der Waals surface area contributed by atoms with Gasteiger partial charge in [0.15, 0.2) is 0 Å². The molecule has 4 nitrogen and oxygen atoms in total. The van der Waals surface area contributed by atoms with E-state index in [4.69, 9.17) is 0 Å². The second-order valence-electron chi connectivity index (χ2n) is 5.56. The number of fused-ring (bicyclic) bond motifs is 1. The monoisotopic (exact) mass is 288 g/mol. The Bertz CT molecular complexity index is 490. The van der Waals surface area contributed by atoms with Gasteiger partial charge < -0.3 is 20.0 Å². The lowest BCUT2D eigenvalue weighted by Crippen LogP contribution is -2.44. The Kier molecular flexibility index (Phi) is 5.12. The van der Waals surface area contributed by atoms with Crippen LogP contribution in [0.1, 0.15) is 19.4 Å². The van der Waals surface area contributed by atoms with Crippen LogP contribution >= 0.6 is 0 Å². The lowest BCUT2D eigenvalue weighted by Gasteiger charge is -2.35. The van der Waals surface area contributed by atoms with E-state index >= 15 is 0 Å². The van der Waals surface area contributed by atoms with Gasteiger partial charge >= 0.3 is 0 Å². The van der Waals surface area contributed by atoms with Crippen LogP contribution in [0.15, 0.2) is 30.6 Å². The van der Waals surface area contributed by atoms with Crippen LogP contribution in [-0.2, 0) is 6.54 Å². The molecule has 2 aliphatic heterocycles. The van der Waals surface area contributed by atoms with Gasteiger partial charge in [0.1, 0.15) is 0 Å². The largest absolute Gasteiger partial charge is 0.369 e. The van der Waals surface area contributed by atoms with Crippen molar-refractivity contribution in [1.82, 2.24) is 9.80 Å². The lowest BCUT2D eigenvalue weighted by atomic mass is 10.1. The van der Waals surface area contributed by atoms with E-state index in [0.717, 1.165) is 38.5 Å². The summed E-state index contributed by atoms with van der Waals surface area (Å²) in [5.74, 6) is 0.972. The number of rotatable bonds is 1. The topological polar surface area (TPSA) is 21.8 Å². The van der Waals surface area contributed by atoms with E-state index in [-0.39, 0.29) is 0 Å². The second-order valence-corrected chi connectivity index (χ2v) is 5.56. The van der Waals surface area contributed by atoms with Gasteiger partial charge in [-0.3, -0.25) is 0 Å². The number of nitrogens with one attached hydrogen (secondary N) is 1. The maximum atomic E-state index is 4.01. The van der Waals surface area contributed by atoms with E-state index < -0.39 is 0 Å². The van der Waals surface area contributed by atoms with Crippen LogP contribution in [0.4, 0.5) is 11.4 Å². The van der Waals surface area contributed by atoms with Crippen LogP contribution in [0, 0.1) is 0 Å². The van der Waals surface area contributed by atoms with Gasteiger partial charge in [-0.2, -0.15) is 0 Å². The molecule has 2 aliphatic rings. The molecule has 1 aromatic rings. The van der Waals surface area contributed by atoms with Gasteiger partial charge in [0, 0.05) is 51.1 Å². The minimum absolute atomic E-state index is 0.933. The molecule has 116 valence electrons. The normalized spacial score (nSPS) is 18.6. The number of piperazine rings is 1. The molecular weight excluding hydrogens is 260 g/mol. The van der Waals surface area contributed by atoms with Gasteiger partial charge in [-0.25, -0.2) is 0 Å².